The summed E-state index contributed by atoms with van der Waals surface area (Å²) in [5.41, 5.74) is 1.13. The highest BCUT2D eigenvalue weighted by Crippen LogP contribution is 2.35. The molecule has 0 radical (unpaired) electrons. The standard InChI is InChI=1S/C9H9NO3S/c1-14(12,13)8-6-4-2-3-5-7(6)10-9(8)11/h2-5,8H,1H3,(H,10,11). The van der Waals surface area contributed by atoms with Gasteiger partial charge < -0.3 is 5.32 Å². The zero-order valence-electron chi connectivity index (χ0n) is 7.52. The van der Waals surface area contributed by atoms with Crippen LogP contribution in [0.4, 0.5) is 5.69 Å². The molecule has 0 saturated heterocycles. The van der Waals surface area contributed by atoms with E-state index in [0.29, 0.717) is 11.3 Å². The van der Waals surface area contributed by atoms with E-state index in [9.17, 15) is 13.2 Å². The van der Waals surface area contributed by atoms with E-state index in [2.05, 4.69) is 5.32 Å². The van der Waals surface area contributed by atoms with E-state index in [-0.39, 0.29) is 0 Å². The lowest BCUT2D eigenvalue weighted by Crippen LogP contribution is -2.19. The first-order valence-electron chi connectivity index (χ1n) is 4.09. The van der Waals surface area contributed by atoms with Crippen LogP contribution in [0.2, 0.25) is 0 Å². The van der Waals surface area contributed by atoms with Crippen molar-refractivity contribution in [2.45, 2.75) is 5.25 Å². The summed E-state index contributed by atoms with van der Waals surface area (Å²) >= 11 is 0. The fourth-order valence-electron chi connectivity index (χ4n) is 1.60. The maximum atomic E-state index is 11.4. The molecule has 14 heavy (non-hydrogen) atoms. The zero-order chi connectivity index (χ0) is 10.3. The van der Waals surface area contributed by atoms with Gasteiger partial charge in [0.15, 0.2) is 15.1 Å². The Balaban J connectivity index is 2.61. The minimum absolute atomic E-state index is 0.464. The highest BCUT2D eigenvalue weighted by molar-refractivity contribution is 7.91. The lowest BCUT2D eigenvalue weighted by molar-refractivity contribution is -0.115. The molecule has 0 aliphatic carbocycles. The monoisotopic (exact) mass is 211 g/mol. The summed E-state index contributed by atoms with van der Waals surface area (Å²) in [6, 6.07) is 6.82. The van der Waals surface area contributed by atoms with Crippen molar-refractivity contribution < 1.29 is 13.2 Å². The molecule has 1 unspecified atom stereocenters. The summed E-state index contributed by atoms with van der Waals surface area (Å²) in [6.45, 7) is 0. The third-order valence-electron chi connectivity index (χ3n) is 2.17. The van der Waals surface area contributed by atoms with Gasteiger partial charge in [-0.1, -0.05) is 18.2 Å². The third kappa shape index (κ3) is 1.29. The maximum absolute atomic E-state index is 11.4. The van der Waals surface area contributed by atoms with E-state index in [0.717, 1.165) is 6.26 Å². The van der Waals surface area contributed by atoms with Crippen LogP contribution < -0.4 is 5.32 Å². The van der Waals surface area contributed by atoms with E-state index in [4.69, 9.17) is 0 Å². The summed E-state index contributed by atoms with van der Waals surface area (Å²) in [7, 11) is -3.38. The van der Waals surface area contributed by atoms with Gasteiger partial charge in [0.2, 0.25) is 5.91 Å². The van der Waals surface area contributed by atoms with Crippen molar-refractivity contribution in [2.75, 3.05) is 11.6 Å². The van der Waals surface area contributed by atoms with Gasteiger partial charge in [0.05, 0.1) is 0 Å². The molecule has 0 bridgehead atoms. The Morgan fingerprint density at radius 3 is 2.57 bits per heavy atom. The fourth-order valence-corrected chi connectivity index (χ4v) is 2.72. The smallest absolute Gasteiger partial charge is 0.247 e. The molecule has 0 fully saturated rings. The lowest BCUT2D eigenvalue weighted by atomic mass is 10.2. The first kappa shape index (κ1) is 9.21. The van der Waals surface area contributed by atoms with Crippen LogP contribution in [0.5, 0.6) is 0 Å². The van der Waals surface area contributed by atoms with Gasteiger partial charge in [0, 0.05) is 17.5 Å². The second-order valence-corrected chi connectivity index (χ2v) is 5.42. The fraction of sp³-hybridized carbons (Fsp3) is 0.222. The van der Waals surface area contributed by atoms with Crippen LogP contribution >= 0.6 is 0 Å². The van der Waals surface area contributed by atoms with Crippen molar-refractivity contribution >= 4 is 21.4 Å². The molecule has 1 atom stereocenters. The van der Waals surface area contributed by atoms with E-state index in [1.165, 1.54) is 0 Å². The van der Waals surface area contributed by atoms with E-state index < -0.39 is 21.0 Å². The molecule has 1 aromatic carbocycles. The molecule has 1 N–H and O–H groups in total. The number of hydrogen-bond donors (Lipinski definition) is 1. The number of sulfone groups is 1. The van der Waals surface area contributed by atoms with Crippen LogP contribution in [-0.2, 0) is 14.6 Å². The number of nitrogens with one attached hydrogen (secondary N) is 1. The summed E-state index contributed by atoms with van der Waals surface area (Å²) in [6.07, 6.45) is 1.07. The van der Waals surface area contributed by atoms with Crippen molar-refractivity contribution in [1.29, 1.82) is 0 Å². The van der Waals surface area contributed by atoms with Gasteiger partial charge in [-0.3, -0.25) is 4.79 Å². The molecule has 4 nitrogen and oxygen atoms in total. The topological polar surface area (TPSA) is 63.2 Å². The molecule has 0 aromatic heterocycles. The van der Waals surface area contributed by atoms with Crippen molar-refractivity contribution in [3.8, 4) is 0 Å². The van der Waals surface area contributed by atoms with Crippen LogP contribution in [0.15, 0.2) is 24.3 Å². The predicted octanol–water partition coefficient (Wildman–Crippen LogP) is 0.724. The molecule has 0 saturated carbocycles. The Bertz CT molecular complexity index is 493. The van der Waals surface area contributed by atoms with Crippen LogP contribution in [0.3, 0.4) is 0 Å². The molecule has 5 heteroatoms. The number of rotatable bonds is 1. The predicted molar refractivity (Wildman–Crippen MR) is 52.7 cm³/mol. The summed E-state index contributed by atoms with van der Waals surface area (Å²) in [4.78, 5) is 11.4. The molecule has 1 amide bonds. The number of fused-ring (bicyclic) bond motifs is 1. The molecule has 0 spiro atoms. The molecule has 1 aliphatic heterocycles. The average Bonchev–Trinajstić information content (AvgIpc) is 2.38. The number of anilines is 1. The highest BCUT2D eigenvalue weighted by Gasteiger charge is 2.37. The van der Waals surface area contributed by atoms with Gasteiger partial charge in [0.1, 0.15) is 0 Å². The third-order valence-corrected chi connectivity index (χ3v) is 3.49. The van der Waals surface area contributed by atoms with Crippen LogP contribution in [-0.4, -0.2) is 20.6 Å². The molecule has 1 aliphatic rings. The first-order chi connectivity index (χ1) is 6.50. The van der Waals surface area contributed by atoms with Crippen LogP contribution in [0.1, 0.15) is 10.8 Å². The largest absolute Gasteiger partial charge is 0.324 e. The summed E-state index contributed by atoms with van der Waals surface area (Å²) < 4.78 is 22.7. The van der Waals surface area contributed by atoms with Crippen LogP contribution in [0.25, 0.3) is 0 Å². The maximum Gasteiger partial charge on any atom is 0.247 e. The minimum Gasteiger partial charge on any atom is -0.324 e. The quantitative estimate of drug-likeness (QED) is 0.744. The van der Waals surface area contributed by atoms with Crippen molar-refractivity contribution in [2.24, 2.45) is 0 Å². The van der Waals surface area contributed by atoms with Crippen molar-refractivity contribution in [3.63, 3.8) is 0 Å². The Morgan fingerprint density at radius 1 is 1.29 bits per heavy atom. The summed E-state index contributed by atoms with van der Waals surface area (Å²) in [5.74, 6) is -0.464. The van der Waals surface area contributed by atoms with Crippen molar-refractivity contribution in [3.05, 3.63) is 29.8 Å². The Morgan fingerprint density at radius 2 is 1.93 bits per heavy atom. The molecule has 2 rings (SSSR count). The highest BCUT2D eigenvalue weighted by atomic mass is 32.2. The number of carbonyl (C=O) groups excluding carboxylic acids is 1. The minimum atomic E-state index is -3.38. The summed E-state index contributed by atoms with van der Waals surface area (Å²) in [5, 5.41) is 1.49. The normalized spacial score (nSPS) is 20.4. The van der Waals surface area contributed by atoms with Crippen molar-refractivity contribution in [1.82, 2.24) is 0 Å². The van der Waals surface area contributed by atoms with Gasteiger partial charge in [-0.15, -0.1) is 0 Å². The molecule has 1 aromatic rings. The van der Waals surface area contributed by atoms with Gasteiger partial charge in [-0.25, -0.2) is 8.42 Å². The zero-order valence-corrected chi connectivity index (χ0v) is 8.34. The lowest BCUT2D eigenvalue weighted by Gasteiger charge is -2.04. The van der Waals surface area contributed by atoms with Crippen LogP contribution in [0, 0.1) is 0 Å². The second kappa shape index (κ2) is 2.81. The first-order valence-corrected chi connectivity index (χ1v) is 6.04. The second-order valence-electron chi connectivity index (χ2n) is 3.29. The molecule has 1 heterocycles. The Labute approximate surface area is 81.9 Å². The molecular formula is C9H9NO3S. The number of hydrogen-bond acceptors (Lipinski definition) is 3. The van der Waals surface area contributed by atoms with Gasteiger partial charge in [0.25, 0.3) is 0 Å². The Hall–Kier alpha value is -1.36. The van der Waals surface area contributed by atoms with Gasteiger partial charge >= 0.3 is 0 Å². The average molecular weight is 211 g/mol. The number of para-hydroxylation sites is 1. The van der Waals surface area contributed by atoms with E-state index in [1.807, 2.05) is 0 Å². The van der Waals surface area contributed by atoms with E-state index >= 15 is 0 Å². The van der Waals surface area contributed by atoms with Gasteiger partial charge in [-0.2, -0.15) is 0 Å². The Kier molecular flexibility index (Phi) is 1.85. The van der Waals surface area contributed by atoms with Gasteiger partial charge in [-0.05, 0) is 6.07 Å². The number of benzene rings is 1. The SMILES string of the molecule is CS(=O)(=O)C1C(=O)Nc2ccccc21. The number of carbonyl (C=O) groups is 1. The van der Waals surface area contributed by atoms with E-state index in [1.54, 1.807) is 24.3 Å². The molecular weight excluding hydrogens is 202 g/mol. The number of amides is 1. The molecule has 74 valence electrons.